The number of anilines is 1. The van der Waals surface area contributed by atoms with Crippen molar-refractivity contribution in [3.05, 3.63) is 22.7 Å². The summed E-state index contributed by atoms with van der Waals surface area (Å²) in [6.07, 6.45) is 4.33. The van der Waals surface area contributed by atoms with Crippen LogP contribution in [0.5, 0.6) is 0 Å². The number of hydrogen-bond acceptors (Lipinski definition) is 6. The molecule has 0 aliphatic rings. The quantitative estimate of drug-likeness (QED) is 0.225. The number of esters is 1. The number of ether oxygens (including phenoxy) is 1. The highest BCUT2D eigenvalue weighted by molar-refractivity contribution is 5.90. The fourth-order valence-electron chi connectivity index (χ4n) is 2.23. The van der Waals surface area contributed by atoms with Crippen LogP contribution < -0.4 is 10.9 Å². The summed E-state index contributed by atoms with van der Waals surface area (Å²) in [6, 6.07) is -0.682. The fourth-order valence-corrected chi connectivity index (χ4v) is 2.23. The molecule has 138 valence electrons. The van der Waals surface area contributed by atoms with Crippen LogP contribution in [0.2, 0.25) is 0 Å². The van der Waals surface area contributed by atoms with Gasteiger partial charge in [-0.05, 0) is 26.7 Å². The van der Waals surface area contributed by atoms with Gasteiger partial charge in [-0.15, -0.1) is 0 Å². The van der Waals surface area contributed by atoms with Gasteiger partial charge >= 0.3 is 11.9 Å². The summed E-state index contributed by atoms with van der Waals surface area (Å²) >= 11 is 0. The van der Waals surface area contributed by atoms with E-state index in [0.29, 0.717) is 25.8 Å². The second kappa shape index (κ2) is 10.2. The maximum atomic E-state index is 12.5. The predicted octanol–water partition coefficient (Wildman–Crippen LogP) is 1.07. The maximum absolute atomic E-state index is 12.5. The van der Waals surface area contributed by atoms with Crippen molar-refractivity contribution >= 4 is 23.5 Å². The van der Waals surface area contributed by atoms with Gasteiger partial charge < -0.3 is 15.2 Å². The number of carbonyl (C=O) groups is 1. The Hall–Kier alpha value is -2.71. The van der Waals surface area contributed by atoms with Crippen LogP contribution in [0.1, 0.15) is 46.1 Å². The molecule has 0 radical (unpaired) electrons. The van der Waals surface area contributed by atoms with Gasteiger partial charge in [0.1, 0.15) is 11.9 Å². The smallest absolute Gasteiger partial charge is 0.332 e. The van der Waals surface area contributed by atoms with Crippen LogP contribution in [0.25, 0.3) is 0 Å². The highest BCUT2D eigenvalue weighted by Gasteiger charge is 2.21. The van der Waals surface area contributed by atoms with Crippen molar-refractivity contribution in [3.8, 4) is 0 Å². The molecule has 9 nitrogen and oxygen atoms in total. The van der Waals surface area contributed by atoms with Gasteiger partial charge in [-0.25, -0.2) is 9.78 Å². The Balaban J connectivity index is 2.75. The van der Waals surface area contributed by atoms with Crippen molar-refractivity contribution in [3.63, 3.8) is 0 Å². The fraction of sp³-hybridized carbons (Fsp3) is 0.562. The van der Waals surface area contributed by atoms with Crippen LogP contribution in [0.15, 0.2) is 22.2 Å². The zero-order valence-electron chi connectivity index (χ0n) is 14.8. The lowest BCUT2D eigenvalue weighted by molar-refractivity contribution is -0.147. The Morgan fingerprint density at radius 3 is 2.84 bits per heavy atom. The maximum Gasteiger partial charge on any atom is 0.332 e. The summed E-state index contributed by atoms with van der Waals surface area (Å²) in [5.74, 6) is -0.0745. The second-order valence-corrected chi connectivity index (χ2v) is 5.34. The molecule has 0 unspecified atom stereocenters. The number of carbonyl (C=O) groups excluding carboxylic acids is 1. The van der Waals surface area contributed by atoms with Crippen molar-refractivity contribution in [2.24, 2.45) is 4.99 Å². The number of nitrogens with one attached hydrogen (secondary N) is 2. The van der Waals surface area contributed by atoms with E-state index >= 15 is 0 Å². The number of nitrogens with zero attached hydrogens (tertiary/aromatic N) is 3. The standard InChI is InChI=1S/C16H25N5O4/c1-4-12(16(24)25-5-2)21-10-9-19-14(15(21)23)18-8-6-7-13(22)20-11(3)17/h9-10,12H,4-8H2,1-3H3,(H,18,19)(H2,17,20,22)/p+1/t12-/m0/s1. The van der Waals surface area contributed by atoms with Gasteiger partial charge in [0.25, 0.3) is 5.56 Å². The van der Waals surface area contributed by atoms with E-state index in [1.165, 1.54) is 23.9 Å². The molecular weight excluding hydrogens is 326 g/mol. The molecule has 0 saturated heterocycles. The van der Waals surface area contributed by atoms with Gasteiger partial charge in [-0.1, -0.05) is 6.92 Å². The first-order valence-electron chi connectivity index (χ1n) is 8.22. The van der Waals surface area contributed by atoms with Crippen LogP contribution in [-0.4, -0.2) is 45.5 Å². The van der Waals surface area contributed by atoms with E-state index in [4.69, 9.17) is 15.3 Å². The number of rotatable bonds is 9. The lowest BCUT2D eigenvalue weighted by Crippen LogP contribution is -2.32. The minimum Gasteiger partial charge on any atom is -0.582 e. The molecule has 1 atom stereocenters. The molecule has 0 fully saturated rings. The first-order chi connectivity index (χ1) is 11.9. The van der Waals surface area contributed by atoms with Gasteiger partial charge in [-0.3, -0.25) is 14.8 Å². The second-order valence-electron chi connectivity index (χ2n) is 5.34. The van der Waals surface area contributed by atoms with Crippen molar-refractivity contribution in [1.29, 1.82) is 5.41 Å². The predicted molar refractivity (Wildman–Crippen MR) is 96.6 cm³/mol. The summed E-state index contributed by atoms with van der Waals surface area (Å²) in [5, 5.41) is 17.7. The molecule has 1 heterocycles. The van der Waals surface area contributed by atoms with E-state index < -0.39 is 17.6 Å². The molecule has 25 heavy (non-hydrogen) atoms. The average Bonchev–Trinajstić information content (AvgIpc) is 2.54. The van der Waals surface area contributed by atoms with Crippen molar-refractivity contribution in [1.82, 2.24) is 9.55 Å². The Morgan fingerprint density at radius 1 is 1.52 bits per heavy atom. The van der Waals surface area contributed by atoms with Gasteiger partial charge in [0.05, 0.1) is 13.0 Å². The number of aliphatic imine (C=N–C) groups is 1. The summed E-state index contributed by atoms with van der Waals surface area (Å²) in [4.78, 5) is 32.2. The monoisotopic (exact) mass is 352 g/mol. The molecule has 0 aromatic carbocycles. The molecule has 0 amide bonds. The Kier molecular flexibility index (Phi) is 8.31. The van der Waals surface area contributed by atoms with Crippen molar-refractivity contribution < 1.29 is 14.6 Å². The topological polar surface area (TPSA) is 132 Å². The Bertz CT molecular complexity index is 683. The summed E-state index contributed by atoms with van der Waals surface area (Å²) in [5.41, 5.74) is -0.391. The highest BCUT2D eigenvalue weighted by Crippen LogP contribution is 2.11. The van der Waals surface area contributed by atoms with Crippen LogP contribution in [-0.2, 0) is 9.53 Å². The van der Waals surface area contributed by atoms with Gasteiger partial charge in [0, 0.05) is 18.9 Å². The van der Waals surface area contributed by atoms with E-state index in [2.05, 4.69) is 15.3 Å². The van der Waals surface area contributed by atoms with Crippen LogP contribution in [0.3, 0.4) is 0 Å². The van der Waals surface area contributed by atoms with Crippen LogP contribution >= 0.6 is 0 Å². The van der Waals surface area contributed by atoms with E-state index in [1.807, 2.05) is 6.92 Å². The lowest BCUT2D eigenvalue weighted by atomic mass is 10.2. The summed E-state index contributed by atoms with van der Waals surface area (Å²) < 4.78 is 6.33. The summed E-state index contributed by atoms with van der Waals surface area (Å²) in [7, 11) is 0. The molecule has 9 heteroatoms. The summed E-state index contributed by atoms with van der Waals surface area (Å²) in [6.45, 7) is 5.72. The van der Waals surface area contributed by atoms with Gasteiger partial charge in [0.2, 0.25) is 0 Å². The van der Waals surface area contributed by atoms with Crippen molar-refractivity contribution in [2.45, 2.75) is 46.1 Å². The Morgan fingerprint density at radius 2 is 2.24 bits per heavy atom. The molecule has 0 aliphatic carbocycles. The van der Waals surface area contributed by atoms with Crippen LogP contribution in [0.4, 0.5) is 5.82 Å². The van der Waals surface area contributed by atoms with E-state index in [1.54, 1.807) is 6.92 Å². The molecule has 1 aromatic rings. The molecular formula is C16H26N5O4+. The van der Waals surface area contributed by atoms with E-state index in [0.717, 1.165) is 0 Å². The minimum absolute atomic E-state index is 0.0927. The van der Waals surface area contributed by atoms with Crippen LogP contribution in [0, 0.1) is 5.41 Å². The van der Waals surface area contributed by atoms with Crippen molar-refractivity contribution in [2.75, 3.05) is 18.5 Å². The number of hydrogen-bond donors (Lipinski definition) is 2. The normalized spacial score (nSPS) is 12.5. The third-order valence-electron chi connectivity index (χ3n) is 3.33. The average molecular weight is 352 g/mol. The third kappa shape index (κ3) is 6.36. The van der Waals surface area contributed by atoms with Gasteiger partial charge in [0.15, 0.2) is 5.82 Å². The zero-order valence-corrected chi connectivity index (χ0v) is 14.8. The zero-order chi connectivity index (χ0) is 18.8. The molecule has 0 aliphatic heterocycles. The number of aromatic nitrogens is 2. The Labute approximate surface area is 146 Å². The first-order valence-corrected chi connectivity index (χ1v) is 8.22. The molecule has 1 aromatic heterocycles. The number of amidine groups is 1. The first kappa shape index (κ1) is 20.3. The molecule has 0 spiro atoms. The van der Waals surface area contributed by atoms with E-state index in [9.17, 15) is 9.59 Å². The minimum atomic E-state index is -0.682. The highest BCUT2D eigenvalue weighted by atomic mass is 16.5. The van der Waals surface area contributed by atoms with Gasteiger partial charge in [-0.2, -0.15) is 4.99 Å². The largest absolute Gasteiger partial charge is 0.582 e. The molecule has 0 saturated carbocycles. The molecule has 0 bridgehead atoms. The third-order valence-corrected chi connectivity index (χ3v) is 3.33. The van der Waals surface area contributed by atoms with E-state index in [-0.39, 0.29) is 24.2 Å². The lowest BCUT2D eigenvalue weighted by Gasteiger charge is -2.17. The molecule has 4 N–H and O–H groups in total. The SMILES string of the molecule is CCOC(=O)[C@H](CC)n1ccnc(NCCCC([OH2+])=NC(C)=N)c1=O. The molecule has 1 rings (SSSR count).